The van der Waals surface area contributed by atoms with E-state index in [1.165, 1.54) is 4.90 Å². The molecule has 6 heteroatoms. The molecule has 1 N–H and O–H groups in total. The second kappa shape index (κ2) is 5.69. The highest BCUT2D eigenvalue weighted by molar-refractivity contribution is 5.93. The molecule has 0 aliphatic rings. The minimum absolute atomic E-state index is 0.127. The van der Waals surface area contributed by atoms with E-state index in [0.717, 1.165) is 0 Å². The van der Waals surface area contributed by atoms with Crippen LogP contribution in [0.15, 0.2) is 30.3 Å². The highest BCUT2D eigenvalue weighted by Crippen LogP contribution is 2.02. The van der Waals surface area contributed by atoms with E-state index in [1.807, 2.05) is 11.5 Å². The first-order valence-corrected chi connectivity index (χ1v) is 4.79. The highest BCUT2D eigenvalue weighted by Gasteiger charge is 2.10. The Kier molecular flexibility index (Phi) is 4.26. The standard InChI is InChI=1S/C10H13N3O3/c1-12(8-7-11-13(15)16)10(14)9-5-3-2-4-6-9/h2-6,11H,7-8H2,1H3. The number of benzene rings is 1. The van der Waals surface area contributed by atoms with Gasteiger partial charge in [0.1, 0.15) is 0 Å². The lowest BCUT2D eigenvalue weighted by Crippen LogP contribution is -2.35. The predicted octanol–water partition coefficient (Wildman–Crippen LogP) is 0.540. The third kappa shape index (κ3) is 3.56. The van der Waals surface area contributed by atoms with Gasteiger partial charge in [-0.2, -0.15) is 0 Å². The van der Waals surface area contributed by atoms with Crippen LogP contribution in [-0.2, 0) is 0 Å². The summed E-state index contributed by atoms with van der Waals surface area (Å²) in [5.74, 6) is -0.147. The van der Waals surface area contributed by atoms with Gasteiger partial charge in [-0.05, 0) is 12.1 Å². The number of amides is 1. The summed E-state index contributed by atoms with van der Waals surface area (Å²) < 4.78 is 0. The maximum atomic E-state index is 11.7. The van der Waals surface area contributed by atoms with Crippen molar-refractivity contribution in [2.45, 2.75) is 0 Å². The molecule has 0 aliphatic heterocycles. The van der Waals surface area contributed by atoms with Gasteiger partial charge in [-0.1, -0.05) is 18.2 Å². The normalized spacial score (nSPS) is 9.56. The Balaban J connectivity index is 2.45. The third-order valence-electron chi connectivity index (χ3n) is 2.06. The monoisotopic (exact) mass is 223 g/mol. The first-order chi connectivity index (χ1) is 7.61. The van der Waals surface area contributed by atoms with Gasteiger partial charge in [-0.3, -0.25) is 4.79 Å². The molecule has 0 unspecified atom stereocenters. The molecule has 6 nitrogen and oxygen atoms in total. The van der Waals surface area contributed by atoms with E-state index in [4.69, 9.17) is 0 Å². The van der Waals surface area contributed by atoms with Crippen LogP contribution < -0.4 is 5.43 Å². The molecular formula is C10H13N3O3. The van der Waals surface area contributed by atoms with Gasteiger partial charge in [-0.25, -0.2) is 10.1 Å². The number of nitrogens with zero attached hydrogens (tertiary/aromatic N) is 2. The van der Waals surface area contributed by atoms with Crippen molar-refractivity contribution >= 4 is 5.91 Å². The second-order valence-electron chi connectivity index (χ2n) is 3.26. The van der Waals surface area contributed by atoms with Crippen molar-refractivity contribution < 1.29 is 9.83 Å². The Hall–Kier alpha value is -2.11. The van der Waals surface area contributed by atoms with Crippen molar-refractivity contribution in [1.82, 2.24) is 10.3 Å². The molecule has 0 saturated carbocycles. The van der Waals surface area contributed by atoms with Crippen molar-refractivity contribution in [3.05, 3.63) is 46.0 Å². The van der Waals surface area contributed by atoms with E-state index in [1.54, 1.807) is 31.3 Å². The summed E-state index contributed by atoms with van der Waals surface area (Å²) in [5, 5.41) is 9.39. The van der Waals surface area contributed by atoms with Gasteiger partial charge in [0.15, 0.2) is 5.03 Å². The molecule has 1 rings (SSSR count). The molecule has 1 aromatic rings. The van der Waals surface area contributed by atoms with Crippen LogP contribution in [0.25, 0.3) is 0 Å². The number of nitro groups is 1. The van der Waals surface area contributed by atoms with Gasteiger partial charge in [0.05, 0.1) is 6.54 Å². The minimum atomic E-state index is -0.624. The number of hydrazine groups is 1. The Morgan fingerprint density at radius 2 is 2.06 bits per heavy atom. The molecule has 0 atom stereocenters. The van der Waals surface area contributed by atoms with Crippen LogP contribution in [-0.4, -0.2) is 36.0 Å². The number of hydrogen-bond donors (Lipinski definition) is 1. The predicted molar refractivity (Wildman–Crippen MR) is 58.4 cm³/mol. The number of carbonyl (C=O) groups excluding carboxylic acids is 1. The van der Waals surface area contributed by atoms with E-state index >= 15 is 0 Å². The van der Waals surface area contributed by atoms with Crippen molar-refractivity contribution in [2.75, 3.05) is 20.1 Å². The average Bonchev–Trinajstić information content (AvgIpc) is 2.28. The van der Waals surface area contributed by atoms with Crippen LogP contribution in [0.2, 0.25) is 0 Å². The van der Waals surface area contributed by atoms with E-state index in [9.17, 15) is 14.9 Å². The summed E-state index contributed by atoms with van der Waals surface area (Å²) >= 11 is 0. The Bertz CT molecular complexity index is 367. The number of rotatable bonds is 5. The van der Waals surface area contributed by atoms with Gasteiger partial charge in [-0.15, -0.1) is 5.43 Å². The van der Waals surface area contributed by atoms with Gasteiger partial charge < -0.3 is 4.90 Å². The maximum Gasteiger partial charge on any atom is 0.253 e. The zero-order chi connectivity index (χ0) is 12.0. The zero-order valence-corrected chi connectivity index (χ0v) is 8.92. The number of hydrogen-bond acceptors (Lipinski definition) is 3. The van der Waals surface area contributed by atoms with Crippen LogP contribution >= 0.6 is 0 Å². The molecule has 1 aromatic carbocycles. The van der Waals surface area contributed by atoms with E-state index < -0.39 is 5.03 Å². The van der Waals surface area contributed by atoms with Gasteiger partial charge >= 0.3 is 0 Å². The fourth-order valence-electron chi connectivity index (χ4n) is 1.21. The van der Waals surface area contributed by atoms with Gasteiger partial charge in [0.2, 0.25) is 0 Å². The SMILES string of the molecule is CN(CCN[N+](=O)[O-])C(=O)c1ccccc1. The van der Waals surface area contributed by atoms with Crippen LogP contribution in [0.4, 0.5) is 0 Å². The molecule has 0 aromatic heterocycles. The summed E-state index contributed by atoms with van der Waals surface area (Å²) in [5.41, 5.74) is 2.59. The first-order valence-electron chi connectivity index (χ1n) is 4.79. The molecule has 0 heterocycles. The molecule has 0 saturated heterocycles. The number of nitrogens with one attached hydrogen (secondary N) is 1. The molecule has 0 fully saturated rings. The fraction of sp³-hybridized carbons (Fsp3) is 0.300. The second-order valence-corrected chi connectivity index (χ2v) is 3.26. The topological polar surface area (TPSA) is 75.5 Å². The van der Waals surface area contributed by atoms with E-state index in [0.29, 0.717) is 5.56 Å². The van der Waals surface area contributed by atoms with Crippen molar-refractivity contribution in [2.24, 2.45) is 0 Å². The van der Waals surface area contributed by atoms with Crippen molar-refractivity contribution in [3.63, 3.8) is 0 Å². The molecule has 1 amide bonds. The first kappa shape index (κ1) is 12.0. The summed E-state index contributed by atoms with van der Waals surface area (Å²) in [6, 6.07) is 8.79. The molecule has 0 aliphatic carbocycles. The van der Waals surface area contributed by atoms with Crippen molar-refractivity contribution in [1.29, 1.82) is 0 Å². The number of carbonyl (C=O) groups is 1. The summed E-state index contributed by atoms with van der Waals surface area (Å²) in [4.78, 5) is 23.2. The third-order valence-corrected chi connectivity index (χ3v) is 2.06. The lowest BCUT2D eigenvalue weighted by atomic mass is 10.2. The quantitative estimate of drug-likeness (QED) is 0.584. The molecule has 86 valence electrons. The summed E-state index contributed by atoms with van der Waals surface area (Å²) in [6.07, 6.45) is 0. The molecular weight excluding hydrogens is 210 g/mol. The number of likely N-dealkylation sites (N-methyl/N-ethyl adjacent to an activating group) is 1. The minimum Gasteiger partial charge on any atom is -0.340 e. The van der Waals surface area contributed by atoms with Gasteiger partial charge in [0, 0.05) is 19.2 Å². The smallest absolute Gasteiger partial charge is 0.253 e. The van der Waals surface area contributed by atoms with E-state index in [2.05, 4.69) is 0 Å². The fourth-order valence-corrected chi connectivity index (χ4v) is 1.21. The lowest BCUT2D eigenvalue weighted by molar-refractivity contribution is -0.543. The molecule has 0 radical (unpaired) electrons. The Morgan fingerprint density at radius 1 is 1.44 bits per heavy atom. The lowest BCUT2D eigenvalue weighted by Gasteiger charge is -2.15. The van der Waals surface area contributed by atoms with Crippen LogP contribution in [0.5, 0.6) is 0 Å². The summed E-state index contributed by atoms with van der Waals surface area (Å²) in [7, 11) is 1.61. The maximum absolute atomic E-state index is 11.7. The molecule has 0 spiro atoms. The van der Waals surface area contributed by atoms with Crippen LogP contribution in [0.3, 0.4) is 0 Å². The van der Waals surface area contributed by atoms with Crippen molar-refractivity contribution in [3.8, 4) is 0 Å². The zero-order valence-electron chi connectivity index (χ0n) is 8.92. The van der Waals surface area contributed by atoms with E-state index in [-0.39, 0.29) is 19.0 Å². The Morgan fingerprint density at radius 3 is 2.62 bits per heavy atom. The molecule has 0 bridgehead atoms. The molecule has 16 heavy (non-hydrogen) atoms. The highest BCUT2D eigenvalue weighted by atomic mass is 16.7. The average molecular weight is 223 g/mol. The Labute approximate surface area is 93.0 Å². The van der Waals surface area contributed by atoms with Crippen LogP contribution in [0, 0.1) is 10.1 Å². The van der Waals surface area contributed by atoms with Gasteiger partial charge in [0.25, 0.3) is 5.91 Å². The van der Waals surface area contributed by atoms with Crippen LogP contribution in [0.1, 0.15) is 10.4 Å². The summed E-state index contributed by atoms with van der Waals surface area (Å²) in [6.45, 7) is 0.413. The largest absolute Gasteiger partial charge is 0.340 e.